The van der Waals surface area contributed by atoms with E-state index in [2.05, 4.69) is 20.9 Å². The van der Waals surface area contributed by atoms with Crippen LogP contribution in [0.5, 0.6) is 5.75 Å². The number of hydrogen-bond donors (Lipinski definition) is 7. The van der Waals surface area contributed by atoms with Crippen LogP contribution >= 0.6 is 0 Å². The number of aliphatic carboxylic acids is 1. The van der Waals surface area contributed by atoms with Crippen molar-refractivity contribution in [2.75, 3.05) is 6.54 Å². The summed E-state index contributed by atoms with van der Waals surface area (Å²) in [5.41, 5.74) is 8.60. The zero-order valence-electron chi connectivity index (χ0n) is 19.7. The summed E-state index contributed by atoms with van der Waals surface area (Å²) < 4.78 is 0. The molecular formula is C25H29N5O6. The maximum Gasteiger partial charge on any atom is 0.322 e. The first-order chi connectivity index (χ1) is 17.1. The van der Waals surface area contributed by atoms with E-state index >= 15 is 0 Å². The fourth-order valence-corrected chi connectivity index (χ4v) is 3.68. The van der Waals surface area contributed by atoms with Crippen molar-refractivity contribution < 1.29 is 29.4 Å². The molecule has 3 amide bonds. The van der Waals surface area contributed by atoms with E-state index in [9.17, 15) is 24.3 Å². The second-order valence-electron chi connectivity index (χ2n) is 8.44. The lowest BCUT2D eigenvalue weighted by Gasteiger charge is -2.23. The number of phenols is 1. The lowest BCUT2D eigenvalue weighted by Crippen LogP contribution is -2.56. The number of rotatable bonds is 11. The number of carbonyl (C=O) groups excluding carboxylic acids is 3. The van der Waals surface area contributed by atoms with Crippen LogP contribution in [0, 0.1) is 0 Å². The Morgan fingerprint density at radius 3 is 2.33 bits per heavy atom. The number of hydrogen-bond acceptors (Lipinski definition) is 6. The van der Waals surface area contributed by atoms with Gasteiger partial charge in [-0.2, -0.15) is 0 Å². The first-order valence-electron chi connectivity index (χ1n) is 11.3. The molecule has 11 nitrogen and oxygen atoms in total. The number of aromatic nitrogens is 1. The zero-order chi connectivity index (χ0) is 26.2. The monoisotopic (exact) mass is 495 g/mol. The van der Waals surface area contributed by atoms with Gasteiger partial charge in [0.25, 0.3) is 0 Å². The Morgan fingerprint density at radius 2 is 1.64 bits per heavy atom. The van der Waals surface area contributed by atoms with Gasteiger partial charge in [-0.1, -0.05) is 30.3 Å². The minimum absolute atomic E-state index is 0.0493. The molecule has 36 heavy (non-hydrogen) atoms. The molecule has 0 aliphatic carbocycles. The lowest BCUT2D eigenvalue weighted by atomic mass is 10.0. The normalized spacial score (nSPS) is 13.4. The Morgan fingerprint density at radius 1 is 0.944 bits per heavy atom. The fourth-order valence-electron chi connectivity index (χ4n) is 3.68. The molecule has 2 aromatic carbocycles. The molecule has 1 aromatic heterocycles. The standard InChI is InChI=1S/C25H29N5O6/c1-14(23(34)28-13-22(32)33)29-25(36)21(10-15-6-8-17(31)9-7-15)30-24(35)19(26)11-16-12-27-20-5-3-2-4-18(16)20/h2-9,12,14,19,21,27,31H,10-11,13,26H2,1H3,(H,28,34)(H,29,36)(H,30,35)(H,32,33). The van der Waals surface area contributed by atoms with E-state index in [0.717, 1.165) is 16.5 Å². The minimum atomic E-state index is -1.22. The fraction of sp³-hybridized carbons (Fsp3) is 0.280. The molecule has 3 rings (SSSR count). The Labute approximate surface area is 207 Å². The maximum atomic E-state index is 13.0. The third-order valence-electron chi connectivity index (χ3n) is 5.63. The van der Waals surface area contributed by atoms with Gasteiger partial charge in [-0.25, -0.2) is 0 Å². The van der Waals surface area contributed by atoms with Crippen molar-refractivity contribution in [1.82, 2.24) is 20.9 Å². The number of H-pyrrole nitrogens is 1. The average molecular weight is 496 g/mol. The summed E-state index contributed by atoms with van der Waals surface area (Å²) >= 11 is 0. The first kappa shape index (κ1) is 26.2. The highest BCUT2D eigenvalue weighted by atomic mass is 16.4. The number of para-hydroxylation sites is 1. The number of phenolic OH excluding ortho intramolecular Hbond substituents is 1. The van der Waals surface area contributed by atoms with Crippen molar-refractivity contribution in [1.29, 1.82) is 0 Å². The highest BCUT2D eigenvalue weighted by Crippen LogP contribution is 2.19. The molecule has 3 atom stereocenters. The van der Waals surface area contributed by atoms with Gasteiger partial charge in [0.1, 0.15) is 24.4 Å². The largest absolute Gasteiger partial charge is 0.508 e. The molecule has 0 fully saturated rings. The molecule has 0 saturated carbocycles. The van der Waals surface area contributed by atoms with Crippen molar-refractivity contribution in [2.24, 2.45) is 5.73 Å². The van der Waals surface area contributed by atoms with Crippen LogP contribution in [0.3, 0.4) is 0 Å². The first-order valence-corrected chi connectivity index (χ1v) is 11.3. The molecule has 0 aliphatic rings. The molecule has 0 spiro atoms. The van der Waals surface area contributed by atoms with Gasteiger partial charge < -0.3 is 36.9 Å². The van der Waals surface area contributed by atoms with E-state index in [0.29, 0.717) is 5.56 Å². The summed E-state index contributed by atoms with van der Waals surface area (Å²) in [5, 5.41) is 26.5. The van der Waals surface area contributed by atoms with Gasteiger partial charge in [0.2, 0.25) is 17.7 Å². The molecular weight excluding hydrogens is 466 g/mol. The van der Waals surface area contributed by atoms with Crippen molar-refractivity contribution in [3.8, 4) is 5.75 Å². The van der Waals surface area contributed by atoms with Gasteiger partial charge in [0, 0.05) is 23.5 Å². The zero-order valence-corrected chi connectivity index (χ0v) is 19.7. The van der Waals surface area contributed by atoms with E-state index in [1.165, 1.54) is 19.1 Å². The van der Waals surface area contributed by atoms with Gasteiger partial charge in [-0.05, 0) is 42.7 Å². The highest BCUT2D eigenvalue weighted by Gasteiger charge is 2.27. The molecule has 0 radical (unpaired) electrons. The number of amides is 3. The number of carboxylic acid groups (broad SMARTS) is 1. The molecule has 1 heterocycles. The van der Waals surface area contributed by atoms with Crippen LogP contribution in [0.25, 0.3) is 10.9 Å². The highest BCUT2D eigenvalue weighted by molar-refractivity contribution is 5.94. The van der Waals surface area contributed by atoms with Crippen molar-refractivity contribution in [3.05, 3.63) is 65.9 Å². The number of fused-ring (bicyclic) bond motifs is 1. The van der Waals surface area contributed by atoms with Crippen molar-refractivity contribution in [3.63, 3.8) is 0 Å². The van der Waals surface area contributed by atoms with Crippen LogP contribution in [0.1, 0.15) is 18.1 Å². The van der Waals surface area contributed by atoms with E-state index < -0.39 is 48.4 Å². The van der Waals surface area contributed by atoms with E-state index in [1.807, 2.05) is 24.3 Å². The number of carboxylic acids is 1. The number of carbonyl (C=O) groups is 4. The molecule has 0 aliphatic heterocycles. The van der Waals surface area contributed by atoms with Crippen LogP contribution in [0.2, 0.25) is 0 Å². The quantitative estimate of drug-likeness (QED) is 0.198. The van der Waals surface area contributed by atoms with Gasteiger partial charge in [-0.3, -0.25) is 19.2 Å². The van der Waals surface area contributed by atoms with Crippen LogP contribution < -0.4 is 21.7 Å². The van der Waals surface area contributed by atoms with E-state index in [-0.39, 0.29) is 18.6 Å². The van der Waals surface area contributed by atoms with Gasteiger partial charge in [0.05, 0.1) is 6.04 Å². The van der Waals surface area contributed by atoms with Crippen molar-refractivity contribution >= 4 is 34.6 Å². The van der Waals surface area contributed by atoms with E-state index in [1.54, 1.807) is 18.3 Å². The van der Waals surface area contributed by atoms with Crippen LogP contribution in [-0.4, -0.2) is 63.6 Å². The Balaban J connectivity index is 1.70. The number of aromatic hydroxyl groups is 1. The predicted molar refractivity (Wildman–Crippen MR) is 132 cm³/mol. The molecule has 0 saturated heterocycles. The van der Waals surface area contributed by atoms with E-state index in [4.69, 9.17) is 10.8 Å². The number of aromatic amines is 1. The molecule has 11 heteroatoms. The number of nitrogens with one attached hydrogen (secondary N) is 4. The van der Waals surface area contributed by atoms with Crippen LogP contribution in [-0.2, 0) is 32.0 Å². The summed E-state index contributed by atoms with van der Waals surface area (Å²) in [6.45, 7) is 0.812. The predicted octanol–water partition coefficient (Wildman–Crippen LogP) is 0.176. The number of benzene rings is 2. The summed E-state index contributed by atoms with van der Waals surface area (Å²) in [6, 6.07) is 10.7. The third-order valence-corrected chi connectivity index (χ3v) is 5.63. The van der Waals surface area contributed by atoms with Crippen molar-refractivity contribution in [2.45, 2.75) is 37.9 Å². The topological polar surface area (TPSA) is 187 Å². The Bertz CT molecular complexity index is 1240. The minimum Gasteiger partial charge on any atom is -0.508 e. The second kappa shape index (κ2) is 11.8. The van der Waals surface area contributed by atoms with Gasteiger partial charge >= 0.3 is 5.97 Å². The second-order valence-corrected chi connectivity index (χ2v) is 8.44. The Kier molecular flexibility index (Phi) is 8.63. The molecule has 190 valence electrons. The van der Waals surface area contributed by atoms with Gasteiger partial charge in [0.15, 0.2) is 0 Å². The molecule has 3 unspecified atom stereocenters. The summed E-state index contributed by atoms with van der Waals surface area (Å²) in [6.07, 6.45) is 2.09. The summed E-state index contributed by atoms with van der Waals surface area (Å²) in [7, 11) is 0. The van der Waals surface area contributed by atoms with Crippen LogP contribution in [0.15, 0.2) is 54.7 Å². The SMILES string of the molecule is CC(NC(=O)C(Cc1ccc(O)cc1)NC(=O)C(N)Cc1c[nH]c2ccccc12)C(=O)NCC(=O)O. The Hall–Kier alpha value is -4.38. The maximum absolute atomic E-state index is 13.0. The smallest absolute Gasteiger partial charge is 0.322 e. The lowest BCUT2D eigenvalue weighted by molar-refractivity contribution is -0.138. The average Bonchev–Trinajstić information content (AvgIpc) is 3.25. The third kappa shape index (κ3) is 7.06. The summed E-state index contributed by atoms with van der Waals surface area (Å²) in [5.74, 6) is -3.05. The number of nitrogens with two attached hydrogens (primary N) is 1. The molecule has 3 aromatic rings. The van der Waals surface area contributed by atoms with Gasteiger partial charge in [-0.15, -0.1) is 0 Å². The van der Waals surface area contributed by atoms with Crippen LogP contribution in [0.4, 0.5) is 0 Å². The summed E-state index contributed by atoms with van der Waals surface area (Å²) in [4.78, 5) is 51.8. The molecule has 8 N–H and O–H groups in total. The molecule has 0 bridgehead atoms.